The average molecular weight is 396 g/mol. The van der Waals surface area contributed by atoms with Crippen LogP contribution < -0.4 is 15.4 Å². The molecule has 7 nitrogen and oxygen atoms in total. The van der Waals surface area contributed by atoms with Crippen LogP contribution >= 0.6 is 0 Å². The summed E-state index contributed by atoms with van der Waals surface area (Å²) in [5.41, 5.74) is 1.31. The number of anilines is 2. The highest BCUT2D eigenvalue weighted by Crippen LogP contribution is 2.48. The fraction of sp³-hybridized carbons (Fsp3) is 0.318. The van der Waals surface area contributed by atoms with E-state index in [1.165, 1.54) is 7.11 Å². The second-order valence-corrected chi connectivity index (χ2v) is 6.99. The van der Waals surface area contributed by atoms with E-state index in [2.05, 4.69) is 10.6 Å². The summed E-state index contributed by atoms with van der Waals surface area (Å²) in [6, 6.07) is 11.8. The molecule has 0 radical (unpaired) electrons. The molecule has 0 unspecified atom stereocenters. The summed E-state index contributed by atoms with van der Waals surface area (Å²) < 4.78 is 10.2. The Hall–Kier alpha value is -3.35. The van der Waals surface area contributed by atoms with E-state index in [0.29, 0.717) is 42.1 Å². The van der Waals surface area contributed by atoms with E-state index in [0.717, 1.165) is 5.56 Å². The number of esters is 1. The number of benzene rings is 2. The lowest BCUT2D eigenvalue weighted by atomic mass is 10.0. The van der Waals surface area contributed by atoms with E-state index in [1.54, 1.807) is 43.3 Å². The summed E-state index contributed by atoms with van der Waals surface area (Å²) in [7, 11) is 1.53. The van der Waals surface area contributed by atoms with Crippen LogP contribution in [0, 0.1) is 12.3 Å². The van der Waals surface area contributed by atoms with Crippen LogP contribution in [0.5, 0.6) is 5.75 Å². The first kappa shape index (κ1) is 20.4. The zero-order valence-electron chi connectivity index (χ0n) is 16.7. The molecule has 0 heterocycles. The van der Waals surface area contributed by atoms with Crippen molar-refractivity contribution in [3.63, 3.8) is 0 Å². The highest BCUT2D eigenvalue weighted by molar-refractivity contribution is 6.17. The topological polar surface area (TPSA) is 93.7 Å². The van der Waals surface area contributed by atoms with Gasteiger partial charge in [-0.3, -0.25) is 9.59 Å². The lowest BCUT2D eigenvalue weighted by Gasteiger charge is -2.17. The Morgan fingerprint density at radius 2 is 1.66 bits per heavy atom. The molecule has 29 heavy (non-hydrogen) atoms. The Morgan fingerprint density at radius 1 is 1.00 bits per heavy atom. The van der Waals surface area contributed by atoms with Crippen molar-refractivity contribution in [2.75, 3.05) is 24.4 Å². The summed E-state index contributed by atoms with van der Waals surface area (Å²) in [4.78, 5) is 37.3. The predicted molar refractivity (Wildman–Crippen MR) is 109 cm³/mol. The Balaban J connectivity index is 1.68. The van der Waals surface area contributed by atoms with Crippen molar-refractivity contribution >= 4 is 29.2 Å². The second kappa shape index (κ2) is 8.34. The van der Waals surface area contributed by atoms with Gasteiger partial charge in [-0.2, -0.15) is 0 Å². The monoisotopic (exact) mass is 396 g/mol. The number of methoxy groups -OCH3 is 1. The molecule has 2 N–H and O–H groups in total. The van der Waals surface area contributed by atoms with Crippen LogP contribution in [0.2, 0.25) is 0 Å². The van der Waals surface area contributed by atoms with Crippen molar-refractivity contribution in [2.45, 2.75) is 26.7 Å². The van der Waals surface area contributed by atoms with Gasteiger partial charge in [0, 0.05) is 5.69 Å². The van der Waals surface area contributed by atoms with Gasteiger partial charge in [-0.15, -0.1) is 0 Å². The van der Waals surface area contributed by atoms with Gasteiger partial charge in [-0.05, 0) is 68.7 Å². The van der Waals surface area contributed by atoms with Crippen LogP contribution in [0.25, 0.3) is 0 Å². The molecule has 0 bridgehead atoms. The normalized spacial score (nSPS) is 13.9. The van der Waals surface area contributed by atoms with Gasteiger partial charge in [0.2, 0.25) is 11.8 Å². The predicted octanol–water partition coefficient (Wildman–Crippen LogP) is 3.54. The van der Waals surface area contributed by atoms with Gasteiger partial charge in [0.05, 0.1) is 25.0 Å². The van der Waals surface area contributed by atoms with Crippen molar-refractivity contribution in [1.82, 2.24) is 0 Å². The van der Waals surface area contributed by atoms with Crippen molar-refractivity contribution in [3.8, 4) is 5.75 Å². The maximum absolute atomic E-state index is 12.8. The zero-order chi connectivity index (χ0) is 21.0. The van der Waals surface area contributed by atoms with Crippen molar-refractivity contribution < 1.29 is 23.9 Å². The Labute approximate surface area is 169 Å². The minimum Gasteiger partial charge on any atom is -0.495 e. The fourth-order valence-electron chi connectivity index (χ4n) is 3.00. The number of hydrogen-bond donors (Lipinski definition) is 2. The van der Waals surface area contributed by atoms with E-state index in [1.807, 2.05) is 13.0 Å². The molecular formula is C22H24N2O5. The molecule has 7 heteroatoms. The Morgan fingerprint density at radius 3 is 2.24 bits per heavy atom. The van der Waals surface area contributed by atoms with Crippen LogP contribution in [0.1, 0.15) is 35.7 Å². The number of hydrogen-bond acceptors (Lipinski definition) is 5. The number of aryl methyl sites for hydroxylation is 1. The highest BCUT2D eigenvalue weighted by atomic mass is 16.5. The third kappa shape index (κ3) is 4.39. The molecule has 1 fully saturated rings. The van der Waals surface area contributed by atoms with Gasteiger partial charge in [-0.1, -0.05) is 6.07 Å². The van der Waals surface area contributed by atoms with Crippen LogP contribution in [0.4, 0.5) is 11.4 Å². The van der Waals surface area contributed by atoms with Gasteiger partial charge in [0.1, 0.15) is 11.2 Å². The fourth-order valence-corrected chi connectivity index (χ4v) is 3.00. The lowest BCUT2D eigenvalue weighted by Crippen LogP contribution is -2.35. The van der Waals surface area contributed by atoms with E-state index < -0.39 is 11.4 Å². The SMILES string of the molecule is CCOC(=O)c1ccc(NC(=O)C2(C(=O)Nc3cc(C)ccc3OC)CC2)cc1. The first-order valence-electron chi connectivity index (χ1n) is 9.44. The molecular weight excluding hydrogens is 372 g/mol. The summed E-state index contributed by atoms with van der Waals surface area (Å²) in [6.07, 6.45) is 0.944. The molecule has 2 aromatic carbocycles. The maximum atomic E-state index is 12.8. The van der Waals surface area contributed by atoms with E-state index >= 15 is 0 Å². The molecule has 2 amide bonds. The number of amides is 2. The summed E-state index contributed by atoms with van der Waals surface area (Å²) in [6.45, 7) is 3.94. The van der Waals surface area contributed by atoms with Crippen LogP contribution in [-0.4, -0.2) is 31.5 Å². The molecule has 0 aromatic heterocycles. The Bertz CT molecular complexity index is 933. The number of nitrogens with one attached hydrogen (secondary N) is 2. The number of carbonyl (C=O) groups is 3. The molecule has 1 aliphatic rings. The van der Waals surface area contributed by atoms with Gasteiger partial charge < -0.3 is 20.1 Å². The van der Waals surface area contributed by atoms with Crippen molar-refractivity contribution in [3.05, 3.63) is 53.6 Å². The molecule has 3 rings (SSSR count). The Kier molecular flexibility index (Phi) is 5.87. The zero-order valence-corrected chi connectivity index (χ0v) is 16.7. The third-order valence-corrected chi connectivity index (χ3v) is 4.88. The third-order valence-electron chi connectivity index (χ3n) is 4.88. The number of carbonyl (C=O) groups excluding carboxylic acids is 3. The van der Waals surface area contributed by atoms with E-state index in [9.17, 15) is 14.4 Å². The first-order chi connectivity index (χ1) is 13.9. The first-order valence-corrected chi connectivity index (χ1v) is 9.44. The largest absolute Gasteiger partial charge is 0.495 e. The summed E-state index contributed by atoms with van der Waals surface area (Å²) >= 11 is 0. The lowest BCUT2D eigenvalue weighted by molar-refractivity contribution is -0.131. The summed E-state index contributed by atoms with van der Waals surface area (Å²) in [5.74, 6) is -0.613. The highest BCUT2D eigenvalue weighted by Gasteiger charge is 2.56. The smallest absolute Gasteiger partial charge is 0.338 e. The minimum atomic E-state index is -1.10. The molecule has 152 valence electrons. The van der Waals surface area contributed by atoms with Crippen molar-refractivity contribution in [1.29, 1.82) is 0 Å². The van der Waals surface area contributed by atoms with Crippen LogP contribution in [0.3, 0.4) is 0 Å². The molecule has 1 aliphatic carbocycles. The number of ether oxygens (including phenoxy) is 2. The van der Waals surface area contributed by atoms with Gasteiger partial charge in [-0.25, -0.2) is 4.79 Å². The van der Waals surface area contributed by atoms with E-state index in [-0.39, 0.29) is 11.8 Å². The molecule has 2 aromatic rings. The van der Waals surface area contributed by atoms with Crippen molar-refractivity contribution in [2.24, 2.45) is 5.41 Å². The molecule has 0 saturated heterocycles. The summed E-state index contributed by atoms with van der Waals surface area (Å²) in [5, 5.41) is 5.59. The molecule has 0 spiro atoms. The van der Waals surface area contributed by atoms with E-state index in [4.69, 9.17) is 9.47 Å². The van der Waals surface area contributed by atoms with Crippen LogP contribution in [0.15, 0.2) is 42.5 Å². The van der Waals surface area contributed by atoms with Crippen LogP contribution in [-0.2, 0) is 14.3 Å². The average Bonchev–Trinajstić information content (AvgIpc) is 3.51. The van der Waals surface area contributed by atoms with Gasteiger partial charge in [0.15, 0.2) is 0 Å². The molecule has 1 saturated carbocycles. The molecule has 0 atom stereocenters. The van der Waals surface area contributed by atoms with Gasteiger partial charge >= 0.3 is 5.97 Å². The maximum Gasteiger partial charge on any atom is 0.338 e. The quantitative estimate of drug-likeness (QED) is 0.552. The standard InChI is InChI=1S/C22H24N2O5/c1-4-29-19(25)15-6-8-16(9-7-15)23-20(26)22(11-12-22)21(27)24-17-13-14(2)5-10-18(17)28-3/h5-10,13H,4,11-12H2,1-3H3,(H,23,26)(H,24,27). The molecule has 0 aliphatic heterocycles. The van der Waals surface area contributed by atoms with Gasteiger partial charge in [0.25, 0.3) is 0 Å². The number of rotatable bonds is 7. The minimum absolute atomic E-state index is 0.292. The second-order valence-electron chi connectivity index (χ2n) is 6.99.